The summed E-state index contributed by atoms with van der Waals surface area (Å²) in [5, 5.41) is 7.26. The zero-order chi connectivity index (χ0) is 28.7. The summed E-state index contributed by atoms with van der Waals surface area (Å²) in [5.74, 6) is -1.29. The van der Waals surface area contributed by atoms with E-state index in [9.17, 15) is 18.4 Å². The van der Waals surface area contributed by atoms with Crippen LogP contribution in [0.1, 0.15) is 66.6 Å². The van der Waals surface area contributed by atoms with Crippen LogP contribution >= 0.6 is 0 Å². The molecule has 4 aromatic rings. The molecule has 0 radical (unpaired) electrons. The number of ether oxygens (including phenoxy) is 2. The first-order valence-corrected chi connectivity index (χ1v) is 13.3. The Morgan fingerprint density at radius 1 is 1.00 bits per heavy atom. The lowest BCUT2D eigenvalue weighted by Gasteiger charge is -2.30. The number of aromatic nitrogens is 2. The van der Waals surface area contributed by atoms with E-state index in [0.29, 0.717) is 23.9 Å². The zero-order valence-electron chi connectivity index (χ0n) is 22.9. The Bertz CT molecular complexity index is 1470. The fourth-order valence-corrected chi connectivity index (χ4v) is 4.65. The summed E-state index contributed by atoms with van der Waals surface area (Å²) < 4.78 is 40.7. The minimum absolute atomic E-state index is 0.145. The van der Waals surface area contributed by atoms with Crippen LogP contribution in [0, 0.1) is 18.6 Å². The second-order valence-corrected chi connectivity index (χ2v) is 10.1. The van der Waals surface area contributed by atoms with Gasteiger partial charge in [-0.15, -0.1) is 0 Å². The summed E-state index contributed by atoms with van der Waals surface area (Å²) >= 11 is 0. The van der Waals surface area contributed by atoms with Gasteiger partial charge in [0, 0.05) is 18.0 Å². The number of pyridine rings is 1. The van der Waals surface area contributed by atoms with Crippen molar-refractivity contribution in [1.82, 2.24) is 14.9 Å². The standard InChI is InChI=1S/C31H33F2N3O4/c1-4-14-31(3,35-30(38)40-19-22-9-6-5-7-10-22)15-13-28(37)23-18-34-36-27(23)16-21(2)17-29(36)39-20-24-25(32)11-8-12-26(24)33/h5-12,16-18H,4,13-15,19-20H2,1-3H3,(H,35,38). The largest absolute Gasteiger partial charge is 0.473 e. The second-order valence-electron chi connectivity index (χ2n) is 10.1. The number of hydrogen-bond donors (Lipinski definition) is 1. The van der Waals surface area contributed by atoms with Gasteiger partial charge in [-0.3, -0.25) is 4.79 Å². The number of nitrogens with one attached hydrogen (secondary N) is 1. The highest BCUT2D eigenvalue weighted by molar-refractivity contribution is 6.02. The van der Waals surface area contributed by atoms with Crippen molar-refractivity contribution in [1.29, 1.82) is 0 Å². The summed E-state index contributed by atoms with van der Waals surface area (Å²) in [6, 6.07) is 16.5. The Kier molecular flexibility index (Phi) is 9.14. The number of Topliss-reactive ketones (excluding diaryl/α,β-unsaturated/α-hetero) is 1. The number of fused-ring (bicyclic) bond motifs is 1. The van der Waals surface area contributed by atoms with E-state index in [2.05, 4.69) is 10.4 Å². The van der Waals surface area contributed by atoms with Gasteiger partial charge in [0.25, 0.3) is 0 Å². The predicted octanol–water partition coefficient (Wildman–Crippen LogP) is 6.95. The summed E-state index contributed by atoms with van der Waals surface area (Å²) in [7, 11) is 0. The highest BCUT2D eigenvalue weighted by atomic mass is 19.1. The number of carbonyl (C=O) groups excluding carboxylic acids is 2. The van der Waals surface area contributed by atoms with Crippen molar-refractivity contribution in [2.75, 3.05) is 0 Å². The lowest BCUT2D eigenvalue weighted by Crippen LogP contribution is -2.46. The first-order chi connectivity index (χ1) is 19.2. The van der Waals surface area contributed by atoms with E-state index in [0.717, 1.165) is 17.5 Å². The normalized spacial score (nSPS) is 12.6. The average molecular weight is 550 g/mol. The molecule has 0 fully saturated rings. The van der Waals surface area contributed by atoms with Gasteiger partial charge in [0.2, 0.25) is 5.88 Å². The van der Waals surface area contributed by atoms with Crippen molar-refractivity contribution in [2.24, 2.45) is 0 Å². The molecule has 0 saturated heterocycles. The van der Waals surface area contributed by atoms with Gasteiger partial charge >= 0.3 is 6.09 Å². The van der Waals surface area contributed by atoms with Crippen molar-refractivity contribution >= 4 is 17.4 Å². The Labute approximate surface area is 232 Å². The van der Waals surface area contributed by atoms with Crippen LogP contribution in [0.2, 0.25) is 0 Å². The molecule has 40 heavy (non-hydrogen) atoms. The maximum Gasteiger partial charge on any atom is 0.407 e. The molecule has 2 heterocycles. The molecule has 1 atom stereocenters. The minimum atomic E-state index is -0.701. The first-order valence-electron chi connectivity index (χ1n) is 13.3. The molecule has 0 aliphatic heterocycles. The van der Waals surface area contributed by atoms with E-state index in [1.54, 1.807) is 12.1 Å². The number of halogens is 2. The molecule has 4 rings (SSSR count). The summed E-state index contributed by atoms with van der Waals surface area (Å²) in [6.45, 7) is 5.58. The molecule has 2 aromatic heterocycles. The van der Waals surface area contributed by atoms with Crippen LogP contribution in [-0.4, -0.2) is 27.0 Å². The van der Waals surface area contributed by atoms with Gasteiger partial charge in [0.1, 0.15) is 24.8 Å². The molecule has 9 heteroatoms. The quantitative estimate of drug-likeness (QED) is 0.194. The topological polar surface area (TPSA) is 81.9 Å². The fraction of sp³-hybridized carbons (Fsp3) is 0.323. The lowest BCUT2D eigenvalue weighted by molar-refractivity contribution is 0.0954. The summed E-state index contributed by atoms with van der Waals surface area (Å²) in [4.78, 5) is 25.9. The van der Waals surface area contributed by atoms with E-state index in [4.69, 9.17) is 9.47 Å². The highest BCUT2D eigenvalue weighted by Crippen LogP contribution is 2.26. The van der Waals surface area contributed by atoms with Gasteiger partial charge in [-0.2, -0.15) is 5.10 Å². The predicted molar refractivity (Wildman–Crippen MR) is 147 cm³/mol. The number of rotatable bonds is 12. The number of amides is 1. The Balaban J connectivity index is 1.44. The number of ketones is 1. The van der Waals surface area contributed by atoms with E-state index in [1.165, 1.54) is 28.9 Å². The molecule has 0 bridgehead atoms. The number of carbonyl (C=O) groups is 2. The van der Waals surface area contributed by atoms with Crippen molar-refractivity contribution in [3.05, 3.63) is 101 Å². The van der Waals surface area contributed by atoms with Crippen molar-refractivity contribution in [3.63, 3.8) is 0 Å². The Morgan fingerprint density at radius 2 is 1.73 bits per heavy atom. The molecule has 1 N–H and O–H groups in total. The molecule has 2 aromatic carbocycles. The maximum atomic E-state index is 14.1. The molecule has 0 aliphatic rings. The Hall–Kier alpha value is -4.27. The Morgan fingerprint density at radius 3 is 2.42 bits per heavy atom. The molecular weight excluding hydrogens is 516 g/mol. The van der Waals surface area contributed by atoms with Crippen LogP contribution in [-0.2, 0) is 18.0 Å². The van der Waals surface area contributed by atoms with Gasteiger partial charge in [-0.25, -0.2) is 18.1 Å². The summed E-state index contributed by atoms with van der Waals surface area (Å²) in [6.07, 6.45) is 2.97. The maximum absolute atomic E-state index is 14.1. The zero-order valence-corrected chi connectivity index (χ0v) is 22.9. The van der Waals surface area contributed by atoms with Gasteiger partial charge < -0.3 is 14.8 Å². The van der Waals surface area contributed by atoms with Crippen molar-refractivity contribution < 1.29 is 27.8 Å². The number of benzene rings is 2. The third kappa shape index (κ3) is 7.02. The molecular formula is C31H33F2N3O4. The number of nitrogens with zero attached hydrogens (tertiary/aromatic N) is 2. The van der Waals surface area contributed by atoms with Crippen LogP contribution in [0.5, 0.6) is 5.88 Å². The average Bonchev–Trinajstić information content (AvgIpc) is 3.35. The van der Waals surface area contributed by atoms with E-state index >= 15 is 0 Å². The van der Waals surface area contributed by atoms with E-state index in [1.807, 2.05) is 51.1 Å². The van der Waals surface area contributed by atoms with Gasteiger partial charge in [-0.1, -0.05) is 49.7 Å². The van der Waals surface area contributed by atoms with Crippen LogP contribution in [0.3, 0.4) is 0 Å². The lowest BCUT2D eigenvalue weighted by atomic mass is 9.89. The second kappa shape index (κ2) is 12.7. The smallest absolute Gasteiger partial charge is 0.407 e. The molecule has 1 unspecified atom stereocenters. The molecule has 210 valence electrons. The molecule has 0 spiro atoms. The summed E-state index contributed by atoms with van der Waals surface area (Å²) in [5.41, 5.74) is 1.78. The van der Waals surface area contributed by atoms with E-state index in [-0.39, 0.29) is 36.9 Å². The van der Waals surface area contributed by atoms with Gasteiger partial charge in [0.15, 0.2) is 5.78 Å². The van der Waals surface area contributed by atoms with Crippen molar-refractivity contribution in [3.8, 4) is 5.88 Å². The number of alkyl carbamates (subject to hydrolysis) is 1. The minimum Gasteiger partial charge on any atom is -0.473 e. The third-order valence-electron chi connectivity index (χ3n) is 6.78. The first kappa shape index (κ1) is 28.7. The van der Waals surface area contributed by atoms with E-state index < -0.39 is 23.3 Å². The number of aryl methyl sites for hydroxylation is 1. The van der Waals surface area contributed by atoms with Crippen LogP contribution in [0.15, 0.2) is 66.9 Å². The van der Waals surface area contributed by atoms with Crippen LogP contribution < -0.4 is 10.1 Å². The molecule has 0 aliphatic carbocycles. The van der Waals surface area contributed by atoms with Gasteiger partial charge in [-0.05, 0) is 56.0 Å². The van der Waals surface area contributed by atoms with Crippen LogP contribution in [0.4, 0.5) is 13.6 Å². The highest BCUT2D eigenvalue weighted by Gasteiger charge is 2.28. The van der Waals surface area contributed by atoms with Crippen LogP contribution in [0.25, 0.3) is 5.52 Å². The van der Waals surface area contributed by atoms with Gasteiger partial charge in [0.05, 0.1) is 22.8 Å². The monoisotopic (exact) mass is 549 g/mol. The van der Waals surface area contributed by atoms with Crippen molar-refractivity contribution in [2.45, 2.75) is 65.2 Å². The fourth-order valence-electron chi connectivity index (χ4n) is 4.65. The third-order valence-corrected chi connectivity index (χ3v) is 6.78. The SMILES string of the molecule is CCCC(C)(CCC(=O)c1cnn2c(OCc3c(F)cccc3F)cc(C)cc12)NC(=O)OCc1ccccc1. The molecule has 0 saturated carbocycles. The molecule has 7 nitrogen and oxygen atoms in total. The number of hydrogen-bond acceptors (Lipinski definition) is 5. The molecule has 1 amide bonds.